The van der Waals surface area contributed by atoms with E-state index in [0.717, 1.165) is 11.1 Å². The Morgan fingerprint density at radius 2 is 2.28 bits per heavy atom. The Labute approximate surface area is 105 Å². The quantitative estimate of drug-likeness (QED) is 0.851. The molecule has 18 heavy (non-hydrogen) atoms. The van der Waals surface area contributed by atoms with Crippen LogP contribution in [-0.4, -0.2) is 21.5 Å². The second kappa shape index (κ2) is 5.64. The first-order valence-electron chi connectivity index (χ1n) is 5.82. The fraction of sp³-hybridized carbons (Fsp3) is 0.308. The molecule has 0 aliphatic heterocycles. The lowest BCUT2D eigenvalue weighted by atomic mass is 10.2. The molecule has 1 aromatic heterocycles. The van der Waals surface area contributed by atoms with E-state index in [1.807, 2.05) is 19.2 Å². The Bertz CT molecular complexity index is 504. The summed E-state index contributed by atoms with van der Waals surface area (Å²) in [7, 11) is 0. The first kappa shape index (κ1) is 12.6. The number of halogens is 1. The molecule has 5 heteroatoms. The van der Waals surface area contributed by atoms with Crippen LogP contribution in [0.4, 0.5) is 10.1 Å². The van der Waals surface area contributed by atoms with E-state index in [9.17, 15) is 4.39 Å². The lowest BCUT2D eigenvalue weighted by molar-refractivity contribution is 0.269. The average molecular weight is 249 g/mol. The highest BCUT2D eigenvalue weighted by Crippen LogP contribution is 2.19. The summed E-state index contributed by atoms with van der Waals surface area (Å²) in [6, 6.07) is 4.99. The largest absolute Gasteiger partial charge is 0.394 e. The minimum Gasteiger partial charge on any atom is -0.394 e. The van der Waals surface area contributed by atoms with Crippen LogP contribution < -0.4 is 5.32 Å². The van der Waals surface area contributed by atoms with Crippen LogP contribution in [0.5, 0.6) is 0 Å². The van der Waals surface area contributed by atoms with E-state index < -0.39 is 0 Å². The maximum Gasteiger partial charge on any atom is 0.146 e. The molecule has 0 aliphatic rings. The van der Waals surface area contributed by atoms with E-state index in [-0.39, 0.29) is 12.4 Å². The number of aryl methyl sites for hydroxylation is 1. The summed E-state index contributed by atoms with van der Waals surface area (Å²) in [6.07, 6.45) is 3.54. The van der Waals surface area contributed by atoms with Crippen molar-refractivity contribution in [3.8, 4) is 0 Å². The third kappa shape index (κ3) is 2.87. The van der Waals surface area contributed by atoms with Crippen molar-refractivity contribution in [2.45, 2.75) is 20.0 Å². The molecule has 0 saturated heterocycles. The number of para-hydroxylation sites is 1. The van der Waals surface area contributed by atoms with Crippen molar-refractivity contribution in [1.29, 1.82) is 0 Å². The molecule has 2 rings (SSSR count). The molecule has 96 valence electrons. The van der Waals surface area contributed by atoms with Gasteiger partial charge in [0.1, 0.15) is 5.82 Å². The van der Waals surface area contributed by atoms with Gasteiger partial charge < -0.3 is 10.4 Å². The predicted octanol–water partition coefficient (Wildman–Crippen LogP) is 1.94. The van der Waals surface area contributed by atoms with Crippen molar-refractivity contribution in [1.82, 2.24) is 9.78 Å². The fourth-order valence-corrected chi connectivity index (χ4v) is 1.77. The molecule has 0 spiro atoms. The predicted molar refractivity (Wildman–Crippen MR) is 67.8 cm³/mol. The van der Waals surface area contributed by atoms with Gasteiger partial charge in [-0.05, 0) is 18.6 Å². The van der Waals surface area contributed by atoms with Crippen molar-refractivity contribution in [3.05, 3.63) is 47.5 Å². The van der Waals surface area contributed by atoms with Crippen LogP contribution in [-0.2, 0) is 13.1 Å². The van der Waals surface area contributed by atoms with E-state index in [0.29, 0.717) is 18.8 Å². The van der Waals surface area contributed by atoms with Gasteiger partial charge in [0.15, 0.2) is 0 Å². The fourth-order valence-electron chi connectivity index (χ4n) is 1.77. The molecule has 2 N–H and O–H groups in total. The molecule has 2 aromatic rings. The third-order valence-corrected chi connectivity index (χ3v) is 2.71. The number of aliphatic hydroxyl groups is 1. The van der Waals surface area contributed by atoms with E-state index in [1.165, 1.54) is 6.07 Å². The lowest BCUT2D eigenvalue weighted by Crippen LogP contribution is -2.03. The summed E-state index contributed by atoms with van der Waals surface area (Å²) in [5.74, 6) is -0.252. The van der Waals surface area contributed by atoms with Gasteiger partial charge in [-0.3, -0.25) is 4.68 Å². The molecular weight excluding hydrogens is 233 g/mol. The summed E-state index contributed by atoms with van der Waals surface area (Å²) in [6.45, 7) is 2.90. The standard InChI is InChI=1S/C13H16FN3O/c1-10-3-2-4-12(14)13(10)15-7-11-8-16-17(9-11)5-6-18/h2-4,8-9,15,18H,5-7H2,1H3. The lowest BCUT2D eigenvalue weighted by Gasteiger charge is -2.09. The van der Waals surface area contributed by atoms with Gasteiger partial charge >= 0.3 is 0 Å². The molecule has 0 aliphatic carbocycles. The maximum atomic E-state index is 13.6. The van der Waals surface area contributed by atoms with Gasteiger partial charge in [-0.1, -0.05) is 12.1 Å². The number of nitrogens with zero attached hydrogens (tertiary/aromatic N) is 2. The average Bonchev–Trinajstić information content (AvgIpc) is 2.77. The van der Waals surface area contributed by atoms with Crippen LogP contribution >= 0.6 is 0 Å². The smallest absolute Gasteiger partial charge is 0.146 e. The van der Waals surface area contributed by atoms with E-state index in [4.69, 9.17) is 5.11 Å². The SMILES string of the molecule is Cc1cccc(F)c1NCc1cnn(CCO)c1. The molecule has 0 radical (unpaired) electrons. The van der Waals surface area contributed by atoms with Crippen molar-refractivity contribution in [2.75, 3.05) is 11.9 Å². The molecule has 0 unspecified atom stereocenters. The maximum absolute atomic E-state index is 13.6. The van der Waals surface area contributed by atoms with Crippen LogP contribution in [0.25, 0.3) is 0 Å². The molecule has 0 atom stereocenters. The summed E-state index contributed by atoms with van der Waals surface area (Å²) < 4.78 is 15.2. The monoisotopic (exact) mass is 249 g/mol. The molecule has 0 fully saturated rings. The topological polar surface area (TPSA) is 50.1 Å². The first-order valence-corrected chi connectivity index (χ1v) is 5.82. The number of aromatic nitrogens is 2. The molecule has 1 aromatic carbocycles. The van der Waals surface area contributed by atoms with Crippen LogP contribution in [0.3, 0.4) is 0 Å². The first-order chi connectivity index (χ1) is 8.70. The molecule has 0 amide bonds. The minimum atomic E-state index is -0.252. The highest BCUT2D eigenvalue weighted by molar-refractivity contribution is 5.51. The summed E-state index contributed by atoms with van der Waals surface area (Å²) >= 11 is 0. The van der Waals surface area contributed by atoms with Crippen LogP contribution in [0.1, 0.15) is 11.1 Å². The summed E-state index contributed by atoms with van der Waals surface area (Å²) in [5.41, 5.74) is 2.34. The molecule has 1 heterocycles. The van der Waals surface area contributed by atoms with Gasteiger partial charge in [0.25, 0.3) is 0 Å². The van der Waals surface area contributed by atoms with E-state index >= 15 is 0 Å². The van der Waals surface area contributed by atoms with Gasteiger partial charge in [-0.2, -0.15) is 5.10 Å². The highest BCUT2D eigenvalue weighted by Gasteiger charge is 2.05. The molecule has 0 bridgehead atoms. The second-order valence-corrected chi connectivity index (χ2v) is 4.12. The Kier molecular flexibility index (Phi) is 3.94. The molecule has 4 nitrogen and oxygen atoms in total. The van der Waals surface area contributed by atoms with Crippen molar-refractivity contribution in [3.63, 3.8) is 0 Å². The van der Waals surface area contributed by atoms with Crippen LogP contribution in [0.15, 0.2) is 30.6 Å². The van der Waals surface area contributed by atoms with E-state index in [2.05, 4.69) is 10.4 Å². The zero-order valence-corrected chi connectivity index (χ0v) is 10.2. The van der Waals surface area contributed by atoms with Gasteiger partial charge in [-0.25, -0.2) is 4.39 Å². The van der Waals surface area contributed by atoms with E-state index in [1.54, 1.807) is 16.9 Å². The van der Waals surface area contributed by atoms with Crippen LogP contribution in [0.2, 0.25) is 0 Å². The zero-order chi connectivity index (χ0) is 13.0. The van der Waals surface area contributed by atoms with Gasteiger partial charge in [0.05, 0.1) is 25.0 Å². The summed E-state index contributed by atoms with van der Waals surface area (Å²) in [4.78, 5) is 0. The van der Waals surface area contributed by atoms with Gasteiger partial charge in [0, 0.05) is 18.3 Å². The van der Waals surface area contributed by atoms with Crippen molar-refractivity contribution >= 4 is 5.69 Å². The Morgan fingerprint density at radius 1 is 1.44 bits per heavy atom. The molecular formula is C13H16FN3O. The number of nitrogens with one attached hydrogen (secondary N) is 1. The second-order valence-electron chi connectivity index (χ2n) is 4.12. The Balaban J connectivity index is 2.02. The van der Waals surface area contributed by atoms with Gasteiger partial charge in [0.2, 0.25) is 0 Å². The number of anilines is 1. The highest BCUT2D eigenvalue weighted by atomic mass is 19.1. The number of aliphatic hydroxyl groups excluding tert-OH is 1. The third-order valence-electron chi connectivity index (χ3n) is 2.71. The number of hydrogen-bond donors (Lipinski definition) is 2. The Morgan fingerprint density at radius 3 is 3.00 bits per heavy atom. The Hall–Kier alpha value is -1.88. The minimum absolute atomic E-state index is 0.0565. The van der Waals surface area contributed by atoms with Gasteiger partial charge in [-0.15, -0.1) is 0 Å². The van der Waals surface area contributed by atoms with Crippen molar-refractivity contribution in [2.24, 2.45) is 0 Å². The van der Waals surface area contributed by atoms with Crippen LogP contribution in [0, 0.1) is 12.7 Å². The summed E-state index contributed by atoms with van der Waals surface area (Å²) in [5, 5.41) is 15.9. The number of hydrogen-bond acceptors (Lipinski definition) is 3. The normalized spacial score (nSPS) is 10.6. The number of benzene rings is 1. The number of rotatable bonds is 5. The van der Waals surface area contributed by atoms with Crippen molar-refractivity contribution < 1.29 is 9.50 Å². The zero-order valence-electron chi connectivity index (χ0n) is 10.2. The molecule has 0 saturated carbocycles.